The van der Waals surface area contributed by atoms with Crippen molar-refractivity contribution in [3.05, 3.63) is 108 Å². The summed E-state index contributed by atoms with van der Waals surface area (Å²) in [5, 5.41) is 2.46. The topological polar surface area (TPSA) is 21.6 Å². The largest absolute Gasteiger partial charge is 0.488 e. The molecule has 0 aromatic heterocycles. The molecular formula is C25H21NO. The van der Waals surface area contributed by atoms with Gasteiger partial charge in [0.05, 0.1) is 5.69 Å². The van der Waals surface area contributed by atoms with Gasteiger partial charge in [0, 0.05) is 11.8 Å². The minimum atomic E-state index is 0.525. The van der Waals surface area contributed by atoms with E-state index in [1.807, 2.05) is 42.6 Å². The lowest BCUT2D eigenvalue weighted by molar-refractivity contribution is 0.307. The molecule has 0 heterocycles. The number of ether oxygens (including phenoxy) is 1. The molecule has 0 aliphatic carbocycles. The Hall–Kier alpha value is -3.39. The van der Waals surface area contributed by atoms with Gasteiger partial charge >= 0.3 is 0 Å². The molecule has 4 aromatic carbocycles. The van der Waals surface area contributed by atoms with Crippen LogP contribution in [0.4, 0.5) is 5.69 Å². The van der Waals surface area contributed by atoms with Crippen LogP contribution in [0.3, 0.4) is 0 Å². The lowest BCUT2D eigenvalue weighted by Gasteiger charge is -2.11. The number of nitrogens with zero attached hydrogens (tertiary/aromatic N) is 1. The quantitative estimate of drug-likeness (QED) is 0.377. The summed E-state index contributed by atoms with van der Waals surface area (Å²) in [6.07, 6.45) is 1.86. The summed E-state index contributed by atoms with van der Waals surface area (Å²) in [6, 6.07) is 30.9. The number of para-hydroxylation sites is 1. The van der Waals surface area contributed by atoms with E-state index < -0.39 is 0 Å². The molecule has 27 heavy (non-hydrogen) atoms. The number of fused-ring (bicyclic) bond motifs is 1. The van der Waals surface area contributed by atoms with Crippen molar-refractivity contribution in [1.82, 2.24) is 0 Å². The zero-order chi connectivity index (χ0) is 18.5. The molecule has 0 saturated carbocycles. The fourth-order valence-corrected chi connectivity index (χ4v) is 3.07. The second-order valence-corrected chi connectivity index (χ2v) is 6.56. The van der Waals surface area contributed by atoms with Gasteiger partial charge in [0.25, 0.3) is 0 Å². The Labute approximate surface area is 159 Å². The number of aliphatic imine (C=N–C) groups is 1. The Bertz CT molecular complexity index is 1080. The third-order valence-electron chi connectivity index (χ3n) is 4.57. The minimum absolute atomic E-state index is 0.525. The molecule has 0 aliphatic heterocycles. The molecular weight excluding hydrogens is 330 g/mol. The maximum absolute atomic E-state index is 6.15. The highest BCUT2D eigenvalue weighted by Crippen LogP contribution is 2.23. The molecule has 4 aromatic rings. The van der Waals surface area contributed by atoms with Gasteiger partial charge in [0.15, 0.2) is 0 Å². The van der Waals surface area contributed by atoms with Crippen molar-refractivity contribution < 1.29 is 4.74 Å². The van der Waals surface area contributed by atoms with Crippen LogP contribution in [0, 0.1) is 6.92 Å². The molecule has 0 aliphatic rings. The van der Waals surface area contributed by atoms with Crippen LogP contribution in [-0.2, 0) is 6.61 Å². The Morgan fingerprint density at radius 2 is 1.52 bits per heavy atom. The maximum Gasteiger partial charge on any atom is 0.128 e. The fraction of sp³-hybridized carbons (Fsp3) is 0.0800. The van der Waals surface area contributed by atoms with Crippen molar-refractivity contribution in [2.75, 3.05) is 0 Å². The molecule has 0 radical (unpaired) electrons. The summed E-state index contributed by atoms with van der Waals surface area (Å²) in [7, 11) is 0. The molecule has 0 N–H and O–H groups in total. The zero-order valence-corrected chi connectivity index (χ0v) is 15.3. The number of aryl methyl sites for hydroxylation is 1. The first-order valence-corrected chi connectivity index (χ1v) is 9.09. The summed E-state index contributed by atoms with van der Waals surface area (Å²) in [6.45, 7) is 2.60. The smallest absolute Gasteiger partial charge is 0.128 e. The molecule has 2 nitrogen and oxygen atoms in total. The third kappa shape index (κ3) is 4.06. The average molecular weight is 351 g/mol. The monoisotopic (exact) mass is 351 g/mol. The van der Waals surface area contributed by atoms with Gasteiger partial charge in [-0.3, -0.25) is 4.99 Å². The minimum Gasteiger partial charge on any atom is -0.488 e. The standard InChI is InChI=1S/C25H21NO/c1-19-13-15-23(16-14-19)26-17-21-8-3-5-12-25(21)27-18-22-10-6-9-20-7-2-4-11-24(20)22/h2-17H,18H2,1H3. The first kappa shape index (κ1) is 17.0. The average Bonchev–Trinajstić information content (AvgIpc) is 2.72. The SMILES string of the molecule is Cc1ccc(N=Cc2ccccc2OCc2cccc3ccccc23)cc1. The van der Waals surface area contributed by atoms with Crippen LogP contribution in [0.1, 0.15) is 16.7 Å². The van der Waals surface area contributed by atoms with Gasteiger partial charge in [-0.05, 0) is 47.5 Å². The number of hydrogen-bond acceptors (Lipinski definition) is 2. The second kappa shape index (κ2) is 7.88. The summed E-state index contributed by atoms with van der Waals surface area (Å²) in [4.78, 5) is 4.58. The van der Waals surface area contributed by atoms with Crippen LogP contribution >= 0.6 is 0 Å². The predicted molar refractivity (Wildman–Crippen MR) is 113 cm³/mol. The van der Waals surface area contributed by atoms with E-state index in [4.69, 9.17) is 4.74 Å². The Balaban J connectivity index is 1.55. The lowest BCUT2D eigenvalue weighted by atomic mass is 10.1. The Morgan fingerprint density at radius 3 is 2.41 bits per heavy atom. The van der Waals surface area contributed by atoms with Gasteiger partial charge in [0.1, 0.15) is 12.4 Å². The molecule has 2 heteroatoms. The van der Waals surface area contributed by atoms with E-state index in [0.29, 0.717) is 6.61 Å². The van der Waals surface area contributed by atoms with Crippen molar-refractivity contribution >= 4 is 22.7 Å². The van der Waals surface area contributed by atoms with Crippen molar-refractivity contribution in [3.8, 4) is 5.75 Å². The maximum atomic E-state index is 6.15. The van der Waals surface area contributed by atoms with Gasteiger partial charge < -0.3 is 4.74 Å². The van der Waals surface area contributed by atoms with E-state index in [1.165, 1.54) is 21.9 Å². The van der Waals surface area contributed by atoms with E-state index in [-0.39, 0.29) is 0 Å². The summed E-state index contributed by atoms with van der Waals surface area (Å²) >= 11 is 0. The van der Waals surface area contributed by atoms with Crippen LogP contribution in [0.25, 0.3) is 10.8 Å². The second-order valence-electron chi connectivity index (χ2n) is 6.56. The molecule has 0 fully saturated rings. The van der Waals surface area contributed by atoms with E-state index in [0.717, 1.165) is 17.0 Å². The van der Waals surface area contributed by atoms with Gasteiger partial charge in [0.2, 0.25) is 0 Å². The highest BCUT2D eigenvalue weighted by molar-refractivity contribution is 5.86. The molecule has 0 spiro atoms. The van der Waals surface area contributed by atoms with Crippen LogP contribution < -0.4 is 4.74 Å². The van der Waals surface area contributed by atoms with Crippen molar-refractivity contribution in [3.63, 3.8) is 0 Å². The fourth-order valence-electron chi connectivity index (χ4n) is 3.07. The number of rotatable bonds is 5. The molecule has 0 saturated heterocycles. The summed E-state index contributed by atoms with van der Waals surface area (Å²) < 4.78 is 6.15. The van der Waals surface area contributed by atoms with Gasteiger partial charge in [-0.25, -0.2) is 0 Å². The van der Waals surface area contributed by atoms with E-state index in [1.54, 1.807) is 0 Å². The van der Waals surface area contributed by atoms with Crippen LogP contribution in [0.15, 0.2) is 96.0 Å². The lowest BCUT2D eigenvalue weighted by Crippen LogP contribution is -1.99. The summed E-state index contributed by atoms with van der Waals surface area (Å²) in [5.74, 6) is 0.835. The van der Waals surface area contributed by atoms with Crippen molar-refractivity contribution in [2.45, 2.75) is 13.5 Å². The normalized spacial score (nSPS) is 11.1. The van der Waals surface area contributed by atoms with Gasteiger partial charge in [-0.2, -0.15) is 0 Å². The molecule has 0 unspecified atom stereocenters. The first-order chi connectivity index (χ1) is 13.3. The van der Waals surface area contributed by atoms with Crippen molar-refractivity contribution in [1.29, 1.82) is 0 Å². The van der Waals surface area contributed by atoms with E-state index in [2.05, 4.69) is 66.5 Å². The number of benzene rings is 4. The van der Waals surface area contributed by atoms with Crippen LogP contribution in [-0.4, -0.2) is 6.21 Å². The van der Waals surface area contributed by atoms with E-state index in [9.17, 15) is 0 Å². The Kier molecular flexibility index (Phi) is 4.97. The molecule has 4 rings (SSSR count). The zero-order valence-electron chi connectivity index (χ0n) is 15.3. The predicted octanol–water partition coefficient (Wildman–Crippen LogP) is 6.48. The molecule has 132 valence electrons. The number of hydrogen-bond donors (Lipinski definition) is 0. The first-order valence-electron chi connectivity index (χ1n) is 9.09. The summed E-state index contributed by atoms with van der Waals surface area (Å²) in [5.41, 5.74) is 4.31. The van der Waals surface area contributed by atoms with E-state index >= 15 is 0 Å². The van der Waals surface area contributed by atoms with Crippen LogP contribution in [0.5, 0.6) is 5.75 Å². The van der Waals surface area contributed by atoms with Gasteiger partial charge in [-0.1, -0.05) is 72.3 Å². The molecule has 0 bridgehead atoms. The van der Waals surface area contributed by atoms with Gasteiger partial charge in [-0.15, -0.1) is 0 Å². The molecule has 0 amide bonds. The van der Waals surface area contributed by atoms with Crippen LogP contribution in [0.2, 0.25) is 0 Å². The highest BCUT2D eigenvalue weighted by Gasteiger charge is 2.04. The molecule has 0 atom stereocenters. The third-order valence-corrected chi connectivity index (χ3v) is 4.57. The Morgan fingerprint density at radius 1 is 0.778 bits per heavy atom. The van der Waals surface area contributed by atoms with Crippen molar-refractivity contribution in [2.24, 2.45) is 4.99 Å². The highest BCUT2D eigenvalue weighted by atomic mass is 16.5.